The number of hydrogen-bond donors (Lipinski definition) is 1. The monoisotopic (exact) mass is 165 g/mol. The van der Waals surface area contributed by atoms with Gasteiger partial charge in [0.2, 0.25) is 0 Å². The number of carbonyl (C=O) groups is 1. The van der Waals surface area contributed by atoms with E-state index in [2.05, 4.69) is 0 Å². The number of carbonyl (C=O) groups excluding carboxylic acids is 1. The first-order valence-corrected chi connectivity index (χ1v) is 2.86. The molecule has 0 aliphatic rings. The van der Waals surface area contributed by atoms with Gasteiger partial charge in [0.05, 0.1) is 5.56 Å². The fraction of sp³-hybridized carbons (Fsp3) is 0. The zero-order valence-electron chi connectivity index (χ0n) is 7.47. The van der Waals surface area contributed by atoms with Crippen molar-refractivity contribution in [1.82, 2.24) is 0 Å². The molecule has 0 bridgehead atoms. The third-order valence-corrected chi connectivity index (χ3v) is 1.22. The largest absolute Gasteiger partial charge is 1.00 e. The molecule has 60 valence electrons. The molecular weight excluding hydrogens is 159 g/mol. The summed E-state index contributed by atoms with van der Waals surface area (Å²) in [5.74, 6) is -3.23. The summed E-state index contributed by atoms with van der Waals surface area (Å²) < 4.78 is 24.9. The molecule has 0 spiro atoms. The molecule has 0 fully saturated rings. The van der Waals surface area contributed by atoms with Crippen LogP contribution in [-0.2, 0) is 0 Å². The number of rotatable bonds is 1. The van der Waals surface area contributed by atoms with E-state index in [1.54, 1.807) is 0 Å². The summed E-state index contributed by atoms with van der Waals surface area (Å²) in [5.41, 5.74) is 4.31. The maximum atomic E-state index is 12.6. The smallest absolute Gasteiger partial charge is 1.00 e. The van der Waals surface area contributed by atoms with Crippen molar-refractivity contribution in [3.8, 4) is 0 Å². The molecule has 2 N–H and O–H groups in total. The number of primary amides is 1. The Labute approximate surface area is 81.4 Å². The van der Waals surface area contributed by atoms with Crippen LogP contribution >= 0.6 is 0 Å². The molecule has 12 heavy (non-hydrogen) atoms. The van der Waals surface area contributed by atoms with Gasteiger partial charge in [-0.2, -0.15) is 0 Å². The minimum absolute atomic E-state index is 0. The number of benzene rings is 1. The van der Waals surface area contributed by atoms with Crippen molar-refractivity contribution >= 4 is 5.91 Å². The Morgan fingerprint density at radius 1 is 1.42 bits per heavy atom. The summed E-state index contributed by atoms with van der Waals surface area (Å²) in [6.07, 6.45) is 0. The normalized spacial score (nSPS) is 8.83. The second kappa shape index (κ2) is 4.24. The molecule has 1 rings (SSSR count). The van der Waals surface area contributed by atoms with Gasteiger partial charge < -0.3 is 7.16 Å². The third-order valence-electron chi connectivity index (χ3n) is 1.22. The van der Waals surface area contributed by atoms with E-state index in [1.807, 2.05) is 0 Å². The Kier molecular flexibility index (Phi) is 3.94. The van der Waals surface area contributed by atoms with Crippen molar-refractivity contribution in [2.75, 3.05) is 0 Å². The molecule has 0 saturated heterocycles. The average Bonchev–Trinajstić information content (AvgIpc) is 1.94. The summed E-state index contributed by atoms with van der Waals surface area (Å²) in [7, 11) is 0. The van der Waals surface area contributed by atoms with Crippen LogP contribution in [0.15, 0.2) is 18.2 Å². The second-order valence-electron chi connectivity index (χ2n) is 1.97. The second-order valence-corrected chi connectivity index (χ2v) is 1.97. The van der Waals surface area contributed by atoms with Gasteiger partial charge in [-0.3, -0.25) is 4.79 Å². The predicted molar refractivity (Wildman–Crippen MR) is 36.0 cm³/mol. The first-order valence-electron chi connectivity index (χ1n) is 2.86. The van der Waals surface area contributed by atoms with Gasteiger partial charge >= 0.3 is 18.9 Å². The molecular formula is C7H6F2LiNO. The van der Waals surface area contributed by atoms with Crippen molar-refractivity contribution in [2.24, 2.45) is 5.73 Å². The summed E-state index contributed by atoms with van der Waals surface area (Å²) in [5, 5.41) is 0. The van der Waals surface area contributed by atoms with E-state index in [1.165, 1.54) is 6.07 Å². The first-order chi connectivity index (χ1) is 5.13. The molecule has 0 unspecified atom stereocenters. The zero-order valence-corrected chi connectivity index (χ0v) is 6.47. The molecule has 0 saturated carbocycles. The van der Waals surface area contributed by atoms with E-state index in [0.29, 0.717) is 0 Å². The van der Waals surface area contributed by atoms with Crippen molar-refractivity contribution in [3.05, 3.63) is 35.4 Å². The van der Waals surface area contributed by atoms with Gasteiger partial charge in [0.1, 0.15) is 0 Å². The van der Waals surface area contributed by atoms with Gasteiger partial charge in [0.25, 0.3) is 5.91 Å². The fourth-order valence-corrected chi connectivity index (χ4v) is 0.694. The van der Waals surface area contributed by atoms with Crippen LogP contribution in [0.25, 0.3) is 0 Å². The Morgan fingerprint density at radius 2 is 2.00 bits per heavy atom. The van der Waals surface area contributed by atoms with Gasteiger partial charge in [-0.05, 0) is 12.1 Å². The molecule has 0 aromatic heterocycles. The Bertz CT molecular complexity index is 309. The Morgan fingerprint density at radius 3 is 2.42 bits per heavy atom. The fourth-order valence-electron chi connectivity index (χ4n) is 0.694. The first kappa shape index (κ1) is 11.1. The number of amides is 1. The van der Waals surface area contributed by atoms with Crippen LogP contribution in [0.3, 0.4) is 0 Å². The molecule has 1 aromatic carbocycles. The summed E-state index contributed by atoms with van der Waals surface area (Å²) in [4.78, 5) is 10.4. The third kappa shape index (κ3) is 2.07. The molecule has 0 atom stereocenters. The summed E-state index contributed by atoms with van der Waals surface area (Å²) >= 11 is 0. The molecule has 1 aromatic rings. The van der Waals surface area contributed by atoms with Crippen molar-refractivity contribution < 1.29 is 33.9 Å². The molecule has 0 heterocycles. The summed E-state index contributed by atoms with van der Waals surface area (Å²) in [6, 6.07) is 3.26. The average molecular weight is 165 g/mol. The minimum Gasteiger partial charge on any atom is -1.00 e. The number of nitrogens with two attached hydrogens (primary N) is 1. The van der Waals surface area contributed by atoms with Crippen LogP contribution in [0.4, 0.5) is 8.78 Å². The Balaban J connectivity index is 0. The maximum Gasteiger partial charge on any atom is 1.00 e. The van der Waals surface area contributed by atoms with E-state index < -0.39 is 23.1 Å². The van der Waals surface area contributed by atoms with E-state index in [4.69, 9.17) is 5.73 Å². The molecule has 0 aliphatic heterocycles. The van der Waals surface area contributed by atoms with E-state index in [0.717, 1.165) is 12.1 Å². The summed E-state index contributed by atoms with van der Waals surface area (Å²) in [6.45, 7) is 0. The van der Waals surface area contributed by atoms with Crippen LogP contribution in [0, 0.1) is 11.6 Å². The van der Waals surface area contributed by atoms with Crippen LogP contribution < -0.4 is 24.6 Å². The van der Waals surface area contributed by atoms with Crippen molar-refractivity contribution in [2.45, 2.75) is 0 Å². The van der Waals surface area contributed by atoms with E-state index >= 15 is 0 Å². The standard InChI is InChI=1S/C7H5F2NO.Li.H/c8-5-3-1-2-4(6(5)9)7(10)11;;/h1-3H,(H2,10,11);;/q;+1;-1. The molecule has 0 radical (unpaired) electrons. The maximum absolute atomic E-state index is 12.6. The molecule has 2 nitrogen and oxygen atoms in total. The number of halogens is 2. The van der Waals surface area contributed by atoms with Gasteiger partial charge in [-0.1, -0.05) is 6.07 Å². The van der Waals surface area contributed by atoms with Gasteiger partial charge in [0.15, 0.2) is 11.6 Å². The topological polar surface area (TPSA) is 43.1 Å². The quantitative estimate of drug-likeness (QED) is 0.489. The van der Waals surface area contributed by atoms with Crippen molar-refractivity contribution in [3.63, 3.8) is 0 Å². The van der Waals surface area contributed by atoms with Crippen LogP contribution in [0.5, 0.6) is 0 Å². The van der Waals surface area contributed by atoms with Crippen LogP contribution in [-0.4, -0.2) is 5.91 Å². The predicted octanol–water partition coefficient (Wildman–Crippen LogP) is -1.82. The zero-order chi connectivity index (χ0) is 8.43. The minimum atomic E-state index is -1.19. The SMILES string of the molecule is NC(=O)c1cccc(F)c1F.[H-].[Li+]. The van der Waals surface area contributed by atoms with Gasteiger partial charge in [-0.15, -0.1) is 0 Å². The van der Waals surface area contributed by atoms with Crippen molar-refractivity contribution in [1.29, 1.82) is 0 Å². The Hall–Kier alpha value is -0.853. The molecule has 0 aliphatic carbocycles. The van der Waals surface area contributed by atoms with Gasteiger partial charge in [0, 0.05) is 0 Å². The van der Waals surface area contributed by atoms with Crippen LogP contribution in [0.1, 0.15) is 11.8 Å². The molecule has 5 heteroatoms. The van der Waals surface area contributed by atoms with Gasteiger partial charge in [-0.25, -0.2) is 8.78 Å². The van der Waals surface area contributed by atoms with E-state index in [9.17, 15) is 13.6 Å². The van der Waals surface area contributed by atoms with Crippen LogP contribution in [0.2, 0.25) is 0 Å². The molecule has 1 amide bonds. The van der Waals surface area contributed by atoms with E-state index in [-0.39, 0.29) is 20.3 Å². The number of hydrogen-bond acceptors (Lipinski definition) is 1.